The molecule has 20 heavy (non-hydrogen) atoms. The van der Waals surface area contributed by atoms with Crippen LogP contribution < -0.4 is 5.32 Å². The normalized spacial score (nSPS) is 17.9. The number of piperazine rings is 1. The molecule has 1 heterocycles. The maximum absolute atomic E-state index is 13.9. The van der Waals surface area contributed by atoms with Crippen molar-refractivity contribution in [1.82, 2.24) is 10.2 Å². The molecule has 1 aromatic rings. The van der Waals surface area contributed by atoms with Crippen LogP contribution >= 0.6 is 0 Å². The first-order valence-corrected chi connectivity index (χ1v) is 7.18. The number of halogens is 1. The summed E-state index contributed by atoms with van der Waals surface area (Å²) in [7, 11) is 0. The molecular formula is C16H23FN2O. The number of nitrogens with one attached hydrogen (secondary N) is 1. The number of phenols is 1. The van der Waals surface area contributed by atoms with Crippen molar-refractivity contribution in [1.29, 1.82) is 0 Å². The predicted molar refractivity (Wildman–Crippen MR) is 79.4 cm³/mol. The quantitative estimate of drug-likeness (QED) is 0.813. The van der Waals surface area contributed by atoms with Crippen molar-refractivity contribution in [2.24, 2.45) is 0 Å². The van der Waals surface area contributed by atoms with Crippen molar-refractivity contribution in [3.63, 3.8) is 0 Å². The largest absolute Gasteiger partial charge is 0.505 e. The number of rotatable bonds is 5. The van der Waals surface area contributed by atoms with E-state index in [1.54, 1.807) is 13.0 Å². The maximum Gasteiger partial charge on any atom is 0.168 e. The van der Waals surface area contributed by atoms with Crippen molar-refractivity contribution in [2.45, 2.75) is 25.8 Å². The number of hydrogen-bond donors (Lipinski definition) is 2. The first kappa shape index (κ1) is 15.0. The van der Waals surface area contributed by atoms with Crippen LogP contribution in [-0.2, 0) is 0 Å². The van der Waals surface area contributed by atoms with E-state index in [9.17, 15) is 9.50 Å². The topological polar surface area (TPSA) is 35.5 Å². The van der Waals surface area contributed by atoms with Crippen molar-refractivity contribution in [3.05, 3.63) is 41.7 Å². The highest BCUT2D eigenvalue weighted by molar-refractivity contribution is 5.40. The van der Waals surface area contributed by atoms with Crippen LogP contribution in [-0.4, -0.2) is 36.2 Å². The van der Waals surface area contributed by atoms with Gasteiger partial charge in [0.15, 0.2) is 11.6 Å². The summed E-state index contributed by atoms with van der Waals surface area (Å²) in [6, 6.07) is 3.64. The zero-order valence-corrected chi connectivity index (χ0v) is 12.0. The average Bonchev–Trinajstić information content (AvgIpc) is 2.48. The van der Waals surface area contributed by atoms with Crippen molar-refractivity contribution in [3.8, 4) is 5.75 Å². The minimum atomic E-state index is -0.499. The number of benzene rings is 1. The molecule has 1 aliphatic rings. The lowest BCUT2D eigenvalue weighted by atomic mass is 9.97. The zero-order valence-electron chi connectivity index (χ0n) is 12.0. The van der Waals surface area contributed by atoms with Gasteiger partial charge >= 0.3 is 0 Å². The minimum absolute atomic E-state index is 0.0465. The molecule has 0 saturated carbocycles. The van der Waals surface area contributed by atoms with Gasteiger partial charge in [-0.1, -0.05) is 18.2 Å². The molecular weight excluding hydrogens is 255 g/mol. The lowest BCUT2D eigenvalue weighted by molar-refractivity contribution is 0.163. The number of hydrogen-bond acceptors (Lipinski definition) is 3. The smallest absolute Gasteiger partial charge is 0.168 e. The van der Waals surface area contributed by atoms with E-state index in [0.29, 0.717) is 11.1 Å². The van der Waals surface area contributed by atoms with Crippen LogP contribution in [0.2, 0.25) is 0 Å². The molecule has 1 fully saturated rings. The Morgan fingerprint density at radius 1 is 1.45 bits per heavy atom. The Morgan fingerprint density at radius 2 is 2.15 bits per heavy atom. The molecule has 1 aliphatic heterocycles. The fourth-order valence-corrected chi connectivity index (χ4v) is 2.75. The van der Waals surface area contributed by atoms with Crippen molar-refractivity contribution < 1.29 is 9.50 Å². The lowest BCUT2D eigenvalue weighted by Gasteiger charge is -2.35. The molecule has 110 valence electrons. The molecule has 0 spiro atoms. The average molecular weight is 278 g/mol. The summed E-state index contributed by atoms with van der Waals surface area (Å²) in [5.41, 5.74) is 1.17. The molecule has 3 nitrogen and oxygen atoms in total. The minimum Gasteiger partial charge on any atom is -0.505 e. The Labute approximate surface area is 120 Å². The molecule has 1 aromatic carbocycles. The van der Waals surface area contributed by atoms with Gasteiger partial charge < -0.3 is 10.4 Å². The first-order chi connectivity index (χ1) is 9.65. The van der Waals surface area contributed by atoms with E-state index in [2.05, 4.69) is 16.8 Å². The molecule has 0 aliphatic carbocycles. The lowest BCUT2D eigenvalue weighted by Crippen LogP contribution is -2.45. The summed E-state index contributed by atoms with van der Waals surface area (Å²) in [5.74, 6) is -0.696. The van der Waals surface area contributed by atoms with Gasteiger partial charge in [0.25, 0.3) is 0 Å². The molecule has 0 bridgehead atoms. The van der Waals surface area contributed by atoms with Crippen LogP contribution in [0.1, 0.15) is 30.0 Å². The number of aryl methyl sites for hydroxylation is 1. The molecule has 1 saturated heterocycles. The molecule has 0 unspecified atom stereocenters. The fourth-order valence-electron chi connectivity index (χ4n) is 2.75. The molecule has 0 aromatic heterocycles. The second kappa shape index (κ2) is 6.86. The number of nitrogens with zero attached hydrogens (tertiary/aromatic N) is 1. The molecule has 2 rings (SSSR count). The van der Waals surface area contributed by atoms with E-state index in [4.69, 9.17) is 0 Å². The molecule has 1 atom stereocenters. The molecule has 0 radical (unpaired) electrons. The van der Waals surface area contributed by atoms with Gasteiger partial charge in [-0.2, -0.15) is 0 Å². The highest BCUT2D eigenvalue weighted by Crippen LogP contribution is 2.35. The van der Waals surface area contributed by atoms with E-state index in [1.165, 1.54) is 0 Å². The third kappa shape index (κ3) is 3.19. The number of phenolic OH excluding ortho intramolecular Hbond substituents is 1. The van der Waals surface area contributed by atoms with Crippen LogP contribution in [0.5, 0.6) is 5.75 Å². The second-order valence-corrected chi connectivity index (χ2v) is 5.30. The van der Waals surface area contributed by atoms with Gasteiger partial charge in [-0.25, -0.2) is 4.39 Å². The highest BCUT2D eigenvalue weighted by Gasteiger charge is 2.25. The van der Waals surface area contributed by atoms with Gasteiger partial charge in [0, 0.05) is 37.8 Å². The predicted octanol–water partition coefficient (Wildman–Crippen LogP) is 2.75. The monoisotopic (exact) mass is 278 g/mol. The van der Waals surface area contributed by atoms with Crippen LogP contribution in [0, 0.1) is 12.7 Å². The molecule has 4 heteroatoms. The summed E-state index contributed by atoms with van der Waals surface area (Å²) >= 11 is 0. The summed E-state index contributed by atoms with van der Waals surface area (Å²) in [6.07, 6.45) is 3.57. The van der Waals surface area contributed by atoms with Crippen molar-refractivity contribution >= 4 is 0 Å². The van der Waals surface area contributed by atoms with Gasteiger partial charge in [-0.15, -0.1) is 6.58 Å². The SMILES string of the molecule is C=CCC[C@H](c1ccc(C)c(F)c1O)N1CCNCC1. The standard InChI is InChI=1S/C16H23FN2O/c1-3-4-5-14(19-10-8-18-9-11-19)13-7-6-12(2)15(17)16(13)20/h3,6-7,14,18,20H,1,4-5,8-11H2,2H3/t14-/m1/s1. The first-order valence-electron chi connectivity index (χ1n) is 7.18. The van der Waals surface area contributed by atoms with Crippen molar-refractivity contribution in [2.75, 3.05) is 26.2 Å². The third-order valence-electron chi connectivity index (χ3n) is 3.94. The maximum atomic E-state index is 13.9. The van der Waals surface area contributed by atoms with Gasteiger partial charge in [0.05, 0.1) is 0 Å². The van der Waals surface area contributed by atoms with Crippen LogP contribution in [0.3, 0.4) is 0 Å². The van der Waals surface area contributed by atoms with Gasteiger partial charge in [0.1, 0.15) is 0 Å². The number of allylic oxidation sites excluding steroid dienone is 1. The molecule has 2 N–H and O–H groups in total. The Balaban J connectivity index is 2.29. The second-order valence-electron chi connectivity index (χ2n) is 5.30. The Kier molecular flexibility index (Phi) is 5.15. The zero-order chi connectivity index (χ0) is 14.5. The van der Waals surface area contributed by atoms with Gasteiger partial charge in [0.2, 0.25) is 0 Å². The summed E-state index contributed by atoms with van der Waals surface area (Å²) < 4.78 is 13.9. The summed E-state index contributed by atoms with van der Waals surface area (Å²) in [4.78, 5) is 2.31. The summed E-state index contributed by atoms with van der Waals surface area (Å²) in [6.45, 7) is 9.11. The van der Waals surface area contributed by atoms with Gasteiger partial charge in [-0.05, 0) is 25.3 Å². The van der Waals surface area contributed by atoms with Gasteiger partial charge in [-0.3, -0.25) is 4.90 Å². The summed E-state index contributed by atoms with van der Waals surface area (Å²) in [5, 5.41) is 13.4. The van der Waals surface area contributed by atoms with Crippen LogP contribution in [0.25, 0.3) is 0 Å². The van der Waals surface area contributed by atoms with E-state index < -0.39 is 5.82 Å². The van der Waals surface area contributed by atoms with E-state index >= 15 is 0 Å². The highest BCUT2D eigenvalue weighted by atomic mass is 19.1. The molecule has 0 amide bonds. The Hall–Kier alpha value is -1.39. The Morgan fingerprint density at radius 3 is 2.80 bits per heavy atom. The third-order valence-corrected chi connectivity index (χ3v) is 3.94. The Bertz CT molecular complexity index is 470. The van der Waals surface area contributed by atoms with E-state index in [-0.39, 0.29) is 11.8 Å². The van der Waals surface area contributed by atoms with E-state index in [0.717, 1.165) is 39.0 Å². The van der Waals surface area contributed by atoms with Crippen LogP contribution in [0.4, 0.5) is 4.39 Å². The fraction of sp³-hybridized carbons (Fsp3) is 0.500. The number of aromatic hydroxyl groups is 1. The van der Waals surface area contributed by atoms with E-state index in [1.807, 2.05) is 12.1 Å². The van der Waals surface area contributed by atoms with Crippen LogP contribution in [0.15, 0.2) is 24.8 Å².